The summed E-state index contributed by atoms with van der Waals surface area (Å²) in [6.07, 6.45) is 0.934. The Morgan fingerprint density at radius 1 is 1.15 bits per heavy atom. The first kappa shape index (κ1) is 21.8. The standard InChI is InChI=1S/C20H24Cl2FNO3/c1-3-26-9-5-8-24-12-14-10-17(22)20(19(11-14)25-2)27-13-15-16(21)6-4-7-18(15)23/h4,6-7,10-11,24H,3,5,8-9,12-13H2,1-2H3. The number of hydrogen-bond donors (Lipinski definition) is 1. The molecule has 0 bridgehead atoms. The SMILES string of the molecule is CCOCCCNCc1cc(Cl)c(OCc2c(F)cccc2Cl)c(OC)c1. The van der Waals surface area contributed by atoms with Gasteiger partial charge in [0.05, 0.1) is 17.2 Å². The number of hydrogen-bond acceptors (Lipinski definition) is 4. The van der Waals surface area contributed by atoms with Crippen LogP contribution in [0.15, 0.2) is 30.3 Å². The van der Waals surface area contributed by atoms with Crippen LogP contribution < -0.4 is 14.8 Å². The van der Waals surface area contributed by atoms with E-state index in [2.05, 4.69) is 5.32 Å². The summed E-state index contributed by atoms with van der Waals surface area (Å²) in [5, 5.41) is 4.03. The molecule has 0 heterocycles. The van der Waals surface area contributed by atoms with Gasteiger partial charge in [0.2, 0.25) is 0 Å². The molecule has 7 heteroatoms. The van der Waals surface area contributed by atoms with Crippen molar-refractivity contribution in [2.75, 3.05) is 26.9 Å². The molecule has 2 aromatic rings. The normalized spacial score (nSPS) is 10.9. The summed E-state index contributed by atoms with van der Waals surface area (Å²) in [4.78, 5) is 0. The van der Waals surface area contributed by atoms with Gasteiger partial charge in [-0.15, -0.1) is 0 Å². The molecular formula is C20H24Cl2FNO3. The maximum atomic E-state index is 13.9. The molecule has 2 aromatic carbocycles. The van der Waals surface area contributed by atoms with Crippen LogP contribution in [0.1, 0.15) is 24.5 Å². The van der Waals surface area contributed by atoms with E-state index in [0.717, 1.165) is 31.7 Å². The van der Waals surface area contributed by atoms with Crippen molar-refractivity contribution in [1.29, 1.82) is 0 Å². The quantitative estimate of drug-likeness (QED) is 0.509. The van der Waals surface area contributed by atoms with Crippen LogP contribution in [0.3, 0.4) is 0 Å². The molecule has 0 aliphatic carbocycles. The highest BCUT2D eigenvalue weighted by molar-refractivity contribution is 6.32. The summed E-state index contributed by atoms with van der Waals surface area (Å²) in [6, 6.07) is 8.15. The van der Waals surface area contributed by atoms with Crippen LogP contribution in [0.25, 0.3) is 0 Å². The largest absolute Gasteiger partial charge is 0.493 e. The second-order valence-corrected chi connectivity index (χ2v) is 6.64. The van der Waals surface area contributed by atoms with Crippen molar-refractivity contribution in [1.82, 2.24) is 5.32 Å². The van der Waals surface area contributed by atoms with Crippen LogP contribution in [0.4, 0.5) is 4.39 Å². The van der Waals surface area contributed by atoms with Crippen LogP contribution in [0, 0.1) is 5.82 Å². The van der Waals surface area contributed by atoms with Crippen LogP contribution >= 0.6 is 23.2 Å². The fourth-order valence-electron chi connectivity index (χ4n) is 2.51. The summed E-state index contributed by atoms with van der Waals surface area (Å²) in [7, 11) is 1.54. The number of benzene rings is 2. The van der Waals surface area contributed by atoms with E-state index in [9.17, 15) is 4.39 Å². The van der Waals surface area contributed by atoms with Gasteiger partial charge in [0.1, 0.15) is 12.4 Å². The molecule has 1 N–H and O–H groups in total. The molecular weight excluding hydrogens is 392 g/mol. The molecule has 27 heavy (non-hydrogen) atoms. The van der Waals surface area contributed by atoms with Gasteiger partial charge < -0.3 is 19.5 Å². The average molecular weight is 416 g/mol. The first-order valence-corrected chi connectivity index (χ1v) is 9.53. The Morgan fingerprint density at radius 3 is 2.67 bits per heavy atom. The number of nitrogens with one attached hydrogen (secondary N) is 1. The van der Waals surface area contributed by atoms with Gasteiger partial charge in [-0.25, -0.2) is 4.39 Å². The van der Waals surface area contributed by atoms with E-state index in [4.69, 9.17) is 37.4 Å². The molecule has 2 rings (SSSR count). The zero-order chi connectivity index (χ0) is 19.6. The molecule has 148 valence electrons. The molecule has 0 amide bonds. The van der Waals surface area contributed by atoms with E-state index in [1.807, 2.05) is 13.0 Å². The molecule has 0 aromatic heterocycles. The maximum absolute atomic E-state index is 13.9. The van der Waals surface area contributed by atoms with Crippen molar-refractivity contribution in [2.24, 2.45) is 0 Å². The summed E-state index contributed by atoms with van der Waals surface area (Å²) < 4.78 is 30.3. The van der Waals surface area contributed by atoms with E-state index in [0.29, 0.717) is 28.1 Å². The average Bonchev–Trinajstić information content (AvgIpc) is 2.65. The Morgan fingerprint density at radius 2 is 1.96 bits per heavy atom. The minimum absolute atomic E-state index is 0.0450. The predicted molar refractivity (Wildman–Crippen MR) is 107 cm³/mol. The summed E-state index contributed by atoms with van der Waals surface area (Å²) in [5.74, 6) is 0.421. The third-order valence-corrected chi connectivity index (χ3v) is 4.52. The van der Waals surface area contributed by atoms with Crippen LogP contribution in [-0.2, 0) is 17.9 Å². The number of halogens is 3. The second kappa shape index (κ2) is 11.3. The van der Waals surface area contributed by atoms with Crippen LogP contribution in [0.5, 0.6) is 11.5 Å². The second-order valence-electron chi connectivity index (χ2n) is 5.83. The topological polar surface area (TPSA) is 39.7 Å². The Hall–Kier alpha value is -1.53. The number of rotatable bonds is 11. The molecule has 0 saturated carbocycles. The van der Waals surface area contributed by atoms with Crippen molar-refractivity contribution in [3.05, 3.63) is 57.3 Å². The van der Waals surface area contributed by atoms with Crippen molar-refractivity contribution in [3.8, 4) is 11.5 Å². The predicted octanol–water partition coefficient (Wildman–Crippen LogP) is 5.24. The fourth-order valence-corrected chi connectivity index (χ4v) is 3.01. The number of ether oxygens (including phenoxy) is 3. The fraction of sp³-hybridized carbons (Fsp3) is 0.400. The Balaban J connectivity index is 2.01. The van der Waals surface area contributed by atoms with Crippen LogP contribution in [-0.4, -0.2) is 26.9 Å². The van der Waals surface area contributed by atoms with Crippen molar-refractivity contribution in [2.45, 2.75) is 26.5 Å². The molecule has 0 aliphatic rings. The first-order chi connectivity index (χ1) is 13.1. The molecule has 0 fully saturated rings. The van der Waals surface area contributed by atoms with E-state index in [1.165, 1.54) is 13.2 Å². The smallest absolute Gasteiger partial charge is 0.180 e. The zero-order valence-corrected chi connectivity index (χ0v) is 17.0. The Bertz CT molecular complexity index is 723. The highest BCUT2D eigenvalue weighted by atomic mass is 35.5. The van der Waals surface area contributed by atoms with Crippen molar-refractivity contribution in [3.63, 3.8) is 0 Å². The van der Waals surface area contributed by atoms with E-state index in [-0.39, 0.29) is 12.2 Å². The van der Waals surface area contributed by atoms with Crippen LogP contribution in [0.2, 0.25) is 10.0 Å². The van der Waals surface area contributed by atoms with E-state index < -0.39 is 5.82 Å². The van der Waals surface area contributed by atoms with E-state index >= 15 is 0 Å². The molecule has 0 spiro atoms. The minimum atomic E-state index is -0.425. The zero-order valence-electron chi connectivity index (χ0n) is 15.5. The molecule has 0 radical (unpaired) electrons. The molecule has 0 saturated heterocycles. The van der Waals surface area contributed by atoms with Gasteiger partial charge in [-0.05, 0) is 49.7 Å². The third-order valence-electron chi connectivity index (χ3n) is 3.89. The minimum Gasteiger partial charge on any atom is -0.493 e. The Kier molecular flexibility index (Phi) is 9.15. The van der Waals surface area contributed by atoms with Crippen molar-refractivity contribution < 1.29 is 18.6 Å². The molecule has 0 aliphatic heterocycles. The molecule has 4 nitrogen and oxygen atoms in total. The highest BCUT2D eigenvalue weighted by Crippen LogP contribution is 2.37. The monoisotopic (exact) mass is 415 g/mol. The van der Waals surface area contributed by atoms with Gasteiger partial charge in [-0.3, -0.25) is 0 Å². The lowest BCUT2D eigenvalue weighted by Gasteiger charge is -2.15. The maximum Gasteiger partial charge on any atom is 0.180 e. The molecule has 0 unspecified atom stereocenters. The van der Waals surface area contributed by atoms with Gasteiger partial charge in [-0.1, -0.05) is 29.3 Å². The third kappa shape index (κ3) is 6.54. The van der Waals surface area contributed by atoms with Gasteiger partial charge in [0.15, 0.2) is 11.5 Å². The van der Waals surface area contributed by atoms with Gasteiger partial charge in [0.25, 0.3) is 0 Å². The summed E-state index contributed by atoms with van der Waals surface area (Å²) >= 11 is 12.4. The van der Waals surface area contributed by atoms with Gasteiger partial charge in [0, 0.05) is 25.3 Å². The Labute approximate surface area is 169 Å². The van der Waals surface area contributed by atoms with E-state index in [1.54, 1.807) is 18.2 Å². The summed E-state index contributed by atoms with van der Waals surface area (Å²) in [6.45, 7) is 4.87. The molecule has 0 atom stereocenters. The highest BCUT2D eigenvalue weighted by Gasteiger charge is 2.14. The van der Waals surface area contributed by atoms with Gasteiger partial charge in [-0.2, -0.15) is 0 Å². The lowest BCUT2D eigenvalue weighted by atomic mass is 10.2. The summed E-state index contributed by atoms with van der Waals surface area (Å²) in [5.41, 5.74) is 1.24. The van der Waals surface area contributed by atoms with Crippen molar-refractivity contribution >= 4 is 23.2 Å². The number of methoxy groups -OCH3 is 1. The first-order valence-electron chi connectivity index (χ1n) is 8.77. The lowest BCUT2D eigenvalue weighted by Crippen LogP contribution is -2.16. The van der Waals surface area contributed by atoms with Gasteiger partial charge >= 0.3 is 0 Å². The lowest BCUT2D eigenvalue weighted by molar-refractivity contribution is 0.144.